The van der Waals surface area contributed by atoms with Crippen molar-refractivity contribution < 1.29 is 19.4 Å². The predicted molar refractivity (Wildman–Crippen MR) is 66.8 cm³/mol. The van der Waals surface area contributed by atoms with Gasteiger partial charge < -0.3 is 9.84 Å². The molecule has 1 fully saturated rings. The monoisotopic (exact) mass is 261 g/mol. The number of aliphatic hydroxyl groups is 1. The molecule has 19 heavy (non-hydrogen) atoms. The van der Waals surface area contributed by atoms with E-state index < -0.39 is 5.60 Å². The standard InChI is InChI=1S/C14H15NO4/c1-9-14(18,6-7-19-9)8-15-12(16)10-4-2-3-5-11(10)13(15)17/h2-5,9,18H,6-8H2,1H3. The molecule has 1 N–H and O–H groups in total. The van der Waals surface area contributed by atoms with Gasteiger partial charge in [-0.1, -0.05) is 12.1 Å². The van der Waals surface area contributed by atoms with Gasteiger partial charge in [-0.05, 0) is 19.1 Å². The van der Waals surface area contributed by atoms with Crippen molar-refractivity contribution in [3.63, 3.8) is 0 Å². The summed E-state index contributed by atoms with van der Waals surface area (Å²) in [5.74, 6) is -0.679. The number of carbonyl (C=O) groups is 2. The lowest BCUT2D eigenvalue weighted by molar-refractivity contribution is -0.0405. The quantitative estimate of drug-likeness (QED) is 0.800. The topological polar surface area (TPSA) is 66.8 Å². The zero-order chi connectivity index (χ0) is 13.6. The minimum absolute atomic E-state index is 0.0134. The van der Waals surface area contributed by atoms with Crippen LogP contribution in [0.15, 0.2) is 24.3 Å². The molecule has 2 heterocycles. The Bertz CT molecular complexity index is 521. The van der Waals surface area contributed by atoms with Gasteiger partial charge in [0.2, 0.25) is 0 Å². The van der Waals surface area contributed by atoms with E-state index in [0.717, 1.165) is 4.90 Å². The van der Waals surface area contributed by atoms with Gasteiger partial charge in [0.25, 0.3) is 11.8 Å². The van der Waals surface area contributed by atoms with Crippen molar-refractivity contribution >= 4 is 11.8 Å². The first kappa shape index (κ1) is 12.3. The Morgan fingerprint density at radius 2 is 1.89 bits per heavy atom. The van der Waals surface area contributed by atoms with Crippen LogP contribution < -0.4 is 0 Å². The first-order valence-corrected chi connectivity index (χ1v) is 6.32. The summed E-state index contributed by atoms with van der Waals surface area (Å²) in [7, 11) is 0. The molecule has 5 heteroatoms. The van der Waals surface area contributed by atoms with Crippen LogP contribution in [0.5, 0.6) is 0 Å². The molecular formula is C14H15NO4. The Morgan fingerprint density at radius 3 is 2.37 bits per heavy atom. The van der Waals surface area contributed by atoms with Gasteiger partial charge in [-0.25, -0.2) is 0 Å². The van der Waals surface area contributed by atoms with Gasteiger partial charge in [0, 0.05) is 13.0 Å². The highest BCUT2D eigenvalue weighted by atomic mass is 16.5. The van der Waals surface area contributed by atoms with Gasteiger partial charge in [-0.2, -0.15) is 0 Å². The second kappa shape index (κ2) is 4.15. The minimum atomic E-state index is -1.15. The second-order valence-corrected chi connectivity index (χ2v) is 5.11. The highest BCUT2D eigenvalue weighted by molar-refractivity contribution is 6.21. The van der Waals surface area contributed by atoms with Crippen LogP contribution in [0, 0.1) is 0 Å². The third-order valence-corrected chi connectivity index (χ3v) is 3.97. The van der Waals surface area contributed by atoms with Gasteiger partial charge in [0.15, 0.2) is 0 Å². The molecule has 100 valence electrons. The van der Waals surface area contributed by atoms with Gasteiger partial charge >= 0.3 is 0 Å². The molecule has 0 aromatic heterocycles. The van der Waals surface area contributed by atoms with Crippen LogP contribution in [-0.2, 0) is 4.74 Å². The van der Waals surface area contributed by atoms with Crippen molar-refractivity contribution in [1.82, 2.24) is 4.90 Å². The maximum Gasteiger partial charge on any atom is 0.261 e. The Balaban J connectivity index is 1.89. The van der Waals surface area contributed by atoms with Crippen molar-refractivity contribution in [3.05, 3.63) is 35.4 Å². The summed E-state index contributed by atoms with van der Waals surface area (Å²) in [6.45, 7) is 2.19. The van der Waals surface area contributed by atoms with Crippen LogP contribution in [0.2, 0.25) is 0 Å². The molecule has 2 unspecified atom stereocenters. The predicted octanol–water partition coefficient (Wildman–Crippen LogP) is 0.823. The van der Waals surface area contributed by atoms with Crippen LogP contribution in [0.4, 0.5) is 0 Å². The van der Waals surface area contributed by atoms with Crippen molar-refractivity contribution in [2.45, 2.75) is 25.0 Å². The number of carbonyl (C=O) groups excluding carboxylic acids is 2. The third kappa shape index (κ3) is 1.77. The van der Waals surface area contributed by atoms with E-state index in [1.54, 1.807) is 31.2 Å². The van der Waals surface area contributed by atoms with E-state index in [9.17, 15) is 14.7 Å². The summed E-state index contributed by atoms with van der Waals surface area (Å²) in [4.78, 5) is 25.5. The minimum Gasteiger partial charge on any atom is -0.385 e. The molecule has 0 saturated carbocycles. The van der Waals surface area contributed by atoms with E-state index in [1.807, 2.05) is 0 Å². The molecule has 2 amide bonds. The zero-order valence-electron chi connectivity index (χ0n) is 10.6. The summed E-state index contributed by atoms with van der Waals surface area (Å²) in [5.41, 5.74) is -0.335. The van der Waals surface area contributed by atoms with Gasteiger partial charge in [0.05, 0.1) is 23.8 Å². The normalized spacial score (nSPS) is 30.0. The lowest BCUT2D eigenvalue weighted by Crippen LogP contribution is -2.49. The number of imide groups is 1. The number of nitrogens with zero attached hydrogens (tertiary/aromatic N) is 1. The van der Waals surface area contributed by atoms with Gasteiger partial charge in [-0.3, -0.25) is 14.5 Å². The van der Waals surface area contributed by atoms with Crippen molar-refractivity contribution in [2.75, 3.05) is 13.2 Å². The molecule has 3 rings (SSSR count). The Hall–Kier alpha value is -1.72. The highest BCUT2D eigenvalue weighted by Crippen LogP contribution is 2.30. The SMILES string of the molecule is CC1OCCC1(O)CN1C(=O)c2ccccc2C1=O. The van der Waals surface area contributed by atoms with Gasteiger partial charge in [0.1, 0.15) is 5.60 Å². The van der Waals surface area contributed by atoms with Crippen LogP contribution in [0.3, 0.4) is 0 Å². The van der Waals surface area contributed by atoms with E-state index in [4.69, 9.17) is 4.74 Å². The van der Waals surface area contributed by atoms with Crippen molar-refractivity contribution in [3.8, 4) is 0 Å². The molecule has 5 nitrogen and oxygen atoms in total. The van der Waals surface area contributed by atoms with E-state index in [2.05, 4.69) is 0 Å². The Labute approximate surface area is 110 Å². The Morgan fingerprint density at radius 1 is 1.32 bits per heavy atom. The van der Waals surface area contributed by atoms with Crippen LogP contribution >= 0.6 is 0 Å². The summed E-state index contributed by atoms with van der Waals surface area (Å²) in [6.07, 6.45) is 0.0542. The molecular weight excluding hydrogens is 246 g/mol. The smallest absolute Gasteiger partial charge is 0.261 e. The molecule has 2 aliphatic heterocycles. The molecule has 0 aliphatic carbocycles. The molecule has 0 bridgehead atoms. The largest absolute Gasteiger partial charge is 0.385 e. The number of hydrogen-bond acceptors (Lipinski definition) is 4. The average molecular weight is 261 g/mol. The fourth-order valence-corrected chi connectivity index (χ4v) is 2.63. The fraction of sp³-hybridized carbons (Fsp3) is 0.429. The number of β-amino-alcohol motifs (C(OH)–C–C–N with tert-alkyl or cyclic N) is 1. The lowest BCUT2D eigenvalue weighted by Gasteiger charge is -2.29. The Kier molecular flexibility index (Phi) is 2.69. The highest BCUT2D eigenvalue weighted by Gasteiger charge is 2.46. The number of amides is 2. The molecule has 0 radical (unpaired) electrons. The number of benzene rings is 1. The lowest BCUT2D eigenvalue weighted by atomic mass is 9.96. The number of ether oxygens (including phenoxy) is 1. The van der Waals surface area contributed by atoms with E-state index in [0.29, 0.717) is 24.2 Å². The zero-order valence-corrected chi connectivity index (χ0v) is 10.6. The number of fused-ring (bicyclic) bond motifs is 1. The van der Waals surface area contributed by atoms with Gasteiger partial charge in [-0.15, -0.1) is 0 Å². The fourth-order valence-electron chi connectivity index (χ4n) is 2.63. The van der Waals surface area contributed by atoms with Crippen molar-refractivity contribution in [2.24, 2.45) is 0 Å². The van der Waals surface area contributed by atoms with E-state index in [-0.39, 0.29) is 24.5 Å². The summed E-state index contributed by atoms with van der Waals surface area (Å²) in [6, 6.07) is 6.72. The second-order valence-electron chi connectivity index (χ2n) is 5.11. The number of hydrogen-bond donors (Lipinski definition) is 1. The van der Waals surface area contributed by atoms with Crippen LogP contribution in [0.25, 0.3) is 0 Å². The van der Waals surface area contributed by atoms with E-state index in [1.165, 1.54) is 0 Å². The summed E-state index contributed by atoms with van der Waals surface area (Å²) < 4.78 is 5.33. The molecule has 1 saturated heterocycles. The van der Waals surface area contributed by atoms with Crippen LogP contribution in [-0.4, -0.2) is 46.7 Å². The van der Waals surface area contributed by atoms with Crippen LogP contribution in [0.1, 0.15) is 34.1 Å². The molecule has 1 aromatic rings. The summed E-state index contributed by atoms with van der Waals surface area (Å²) in [5, 5.41) is 10.5. The maximum atomic E-state index is 12.2. The van der Waals surface area contributed by atoms with Crippen molar-refractivity contribution in [1.29, 1.82) is 0 Å². The molecule has 0 spiro atoms. The third-order valence-electron chi connectivity index (χ3n) is 3.97. The molecule has 1 aromatic carbocycles. The van der Waals surface area contributed by atoms with E-state index >= 15 is 0 Å². The first-order valence-electron chi connectivity index (χ1n) is 6.32. The molecule has 2 atom stereocenters. The molecule has 2 aliphatic rings. The maximum absolute atomic E-state index is 12.2. The average Bonchev–Trinajstić information content (AvgIpc) is 2.85. The summed E-state index contributed by atoms with van der Waals surface area (Å²) >= 11 is 0. The first-order chi connectivity index (χ1) is 9.03. The number of rotatable bonds is 2.